The van der Waals surface area contributed by atoms with Gasteiger partial charge in [-0.2, -0.15) is 0 Å². The lowest BCUT2D eigenvalue weighted by molar-refractivity contribution is 0.0939. The number of nitrogens with one attached hydrogen (secondary N) is 1. The van der Waals surface area contributed by atoms with Crippen molar-refractivity contribution >= 4 is 23.2 Å². The Kier molecular flexibility index (Phi) is 5.38. The highest BCUT2D eigenvalue weighted by atomic mass is 35.5. The Hall–Kier alpha value is -3.79. The molecule has 0 aliphatic heterocycles. The molecule has 3 aromatic heterocycles. The van der Waals surface area contributed by atoms with Crippen molar-refractivity contribution in [2.45, 2.75) is 19.9 Å². The first kappa shape index (κ1) is 20.5. The minimum absolute atomic E-state index is 0.00103. The van der Waals surface area contributed by atoms with Crippen LogP contribution in [-0.4, -0.2) is 30.6 Å². The van der Waals surface area contributed by atoms with Crippen LogP contribution in [0.25, 0.3) is 5.65 Å². The summed E-state index contributed by atoms with van der Waals surface area (Å²) in [5.41, 5.74) is -0.200. The molecule has 3 heterocycles. The third-order valence-electron chi connectivity index (χ3n) is 4.47. The highest BCUT2D eigenvalue weighted by Gasteiger charge is 2.19. The fraction of sp³-hybridized carbons (Fsp3) is 0.150. The zero-order valence-electron chi connectivity index (χ0n) is 16.1. The molecule has 0 unspecified atom stereocenters. The van der Waals surface area contributed by atoms with Crippen LogP contribution in [0, 0.1) is 12.7 Å². The zero-order valence-corrected chi connectivity index (χ0v) is 16.9. The zero-order chi connectivity index (χ0) is 22.1. The van der Waals surface area contributed by atoms with Gasteiger partial charge in [0.25, 0.3) is 5.91 Å². The number of hydrogen-bond acceptors (Lipinski definition) is 7. The molecule has 1 amide bonds. The van der Waals surface area contributed by atoms with Crippen molar-refractivity contribution in [2.24, 2.45) is 0 Å². The van der Waals surface area contributed by atoms with Gasteiger partial charge < -0.3 is 14.8 Å². The maximum absolute atomic E-state index is 14.2. The number of amides is 1. The predicted octanol–water partition coefficient (Wildman–Crippen LogP) is 2.40. The van der Waals surface area contributed by atoms with Gasteiger partial charge in [-0.05, 0) is 23.3 Å². The fourth-order valence-corrected chi connectivity index (χ4v) is 3.18. The van der Waals surface area contributed by atoms with Crippen LogP contribution in [0.3, 0.4) is 0 Å². The van der Waals surface area contributed by atoms with Crippen LogP contribution in [0.1, 0.15) is 33.4 Å². The topological polar surface area (TPSA) is 123 Å². The number of aromatic hydroxyl groups is 1. The van der Waals surface area contributed by atoms with E-state index >= 15 is 0 Å². The largest absolute Gasteiger partial charge is 0.501 e. The highest BCUT2D eigenvalue weighted by Crippen LogP contribution is 2.21. The van der Waals surface area contributed by atoms with Crippen LogP contribution in [0.5, 0.6) is 5.75 Å². The van der Waals surface area contributed by atoms with Crippen molar-refractivity contribution in [2.75, 3.05) is 0 Å². The number of pyridine rings is 1. The van der Waals surface area contributed by atoms with Gasteiger partial charge in [0, 0.05) is 19.5 Å². The highest BCUT2D eigenvalue weighted by molar-refractivity contribution is 6.30. The number of carbonyl (C=O) groups excluding carboxylic acids is 1. The Balaban J connectivity index is 1.62. The quantitative estimate of drug-likeness (QED) is 0.485. The molecule has 0 saturated carbocycles. The minimum atomic E-state index is -0.836. The molecule has 4 aromatic rings. The lowest BCUT2D eigenvalue weighted by Crippen LogP contribution is -2.27. The number of aryl methyl sites for hydroxylation is 1. The standard InChI is InChI=1S/C20H15ClFN5O4/c1-10-25-26-15(31-10)8-23-19(29)17-18(28)20(30)27-9-11(5-6-14(27)24-17)7-12-3-2-4-13(21)16(12)22/h2-6,9,28H,7-8H2,1H3,(H,23,29). The monoisotopic (exact) mass is 443 g/mol. The van der Waals surface area contributed by atoms with E-state index in [1.165, 1.54) is 18.3 Å². The molecule has 158 valence electrons. The molecule has 0 fully saturated rings. The Morgan fingerprint density at radius 3 is 2.84 bits per heavy atom. The summed E-state index contributed by atoms with van der Waals surface area (Å²) in [5, 5.41) is 20.1. The van der Waals surface area contributed by atoms with E-state index in [2.05, 4.69) is 20.5 Å². The van der Waals surface area contributed by atoms with Gasteiger partial charge in [0.15, 0.2) is 5.69 Å². The Bertz CT molecular complexity index is 1370. The molecule has 9 nitrogen and oxygen atoms in total. The molecule has 0 bridgehead atoms. The molecule has 4 rings (SSSR count). The van der Waals surface area contributed by atoms with Crippen molar-refractivity contribution in [1.82, 2.24) is 24.9 Å². The van der Waals surface area contributed by atoms with E-state index in [-0.39, 0.29) is 29.5 Å². The summed E-state index contributed by atoms with van der Waals surface area (Å²) in [6, 6.07) is 7.79. The average molecular weight is 444 g/mol. The van der Waals surface area contributed by atoms with E-state index in [0.29, 0.717) is 17.0 Å². The molecular formula is C20H15ClFN5O4. The molecule has 0 saturated heterocycles. The number of carbonyl (C=O) groups is 1. The number of aromatic nitrogens is 4. The number of fused-ring (bicyclic) bond motifs is 1. The predicted molar refractivity (Wildman–Crippen MR) is 108 cm³/mol. The first-order chi connectivity index (χ1) is 14.8. The van der Waals surface area contributed by atoms with Crippen LogP contribution in [0.15, 0.2) is 45.7 Å². The first-order valence-electron chi connectivity index (χ1n) is 9.08. The van der Waals surface area contributed by atoms with Gasteiger partial charge >= 0.3 is 5.56 Å². The van der Waals surface area contributed by atoms with Crippen LogP contribution in [-0.2, 0) is 13.0 Å². The molecule has 0 atom stereocenters. The van der Waals surface area contributed by atoms with Gasteiger partial charge in [-0.3, -0.25) is 14.0 Å². The molecule has 0 radical (unpaired) electrons. The number of hydrogen-bond donors (Lipinski definition) is 2. The number of halogens is 2. The summed E-state index contributed by atoms with van der Waals surface area (Å²) < 4.78 is 20.4. The van der Waals surface area contributed by atoms with Crippen molar-refractivity contribution in [3.8, 4) is 5.75 Å². The van der Waals surface area contributed by atoms with Crippen molar-refractivity contribution in [3.63, 3.8) is 0 Å². The summed E-state index contributed by atoms with van der Waals surface area (Å²) >= 11 is 5.81. The second kappa shape index (κ2) is 8.15. The van der Waals surface area contributed by atoms with Gasteiger partial charge in [0.2, 0.25) is 17.5 Å². The minimum Gasteiger partial charge on any atom is -0.501 e. The maximum Gasteiger partial charge on any atom is 0.300 e. The van der Waals surface area contributed by atoms with E-state index in [0.717, 1.165) is 4.40 Å². The van der Waals surface area contributed by atoms with Crippen molar-refractivity contribution in [1.29, 1.82) is 0 Å². The summed E-state index contributed by atoms with van der Waals surface area (Å²) in [5.74, 6) is -1.63. The van der Waals surface area contributed by atoms with Gasteiger partial charge in [0.05, 0.1) is 11.6 Å². The Labute approximate surface area is 179 Å². The molecule has 0 aliphatic carbocycles. The second-order valence-corrected chi connectivity index (χ2v) is 7.07. The van der Waals surface area contributed by atoms with Gasteiger partial charge in [-0.25, -0.2) is 9.37 Å². The normalized spacial score (nSPS) is 11.1. The summed E-state index contributed by atoms with van der Waals surface area (Å²) in [4.78, 5) is 29.1. The number of benzene rings is 1. The fourth-order valence-electron chi connectivity index (χ4n) is 2.99. The van der Waals surface area contributed by atoms with Crippen LogP contribution in [0.4, 0.5) is 4.39 Å². The first-order valence-corrected chi connectivity index (χ1v) is 9.45. The Morgan fingerprint density at radius 2 is 2.10 bits per heavy atom. The molecule has 1 aromatic carbocycles. The van der Waals surface area contributed by atoms with Crippen LogP contribution < -0.4 is 10.9 Å². The number of rotatable bonds is 5. The number of nitrogens with zero attached hydrogens (tertiary/aromatic N) is 4. The second-order valence-electron chi connectivity index (χ2n) is 6.67. The third kappa shape index (κ3) is 4.10. The van der Waals surface area contributed by atoms with E-state index < -0.39 is 28.7 Å². The lowest BCUT2D eigenvalue weighted by atomic mass is 10.1. The maximum atomic E-state index is 14.2. The summed E-state index contributed by atoms with van der Waals surface area (Å²) in [6.07, 6.45) is 1.59. The van der Waals surface area contributed by atoms with Crippen molar-refractivity contribution < 1.29 is 18.7 Å². The van der Waals surface area contributed by atoms with Gasteiger partial charge in [0.1, 0.15) is 11.5 Å². The SMILES string of the molecule is Cc1nnc(CNC(=O)c2nc3ccc(Cc4cccc(Cl)c4F)cn3c(=O)c2O)o1. The van der Waals surface area contributed by atoms with E-state index in [1.54, 1.807) is 25.1 Å². The van der Waals surface area contributed by atoms with E-state index in [9.17, 15) is 19.1 Å². The molecule has 0 aliphatic rings. The Morgan fingerprint density at radius 1 is 1.29 bits per heavy atom. The summed E-state index contributed by atoms with van der Waals surface area (Å²) in [6.45, 7) is 1.51. The van der Waals surface area contributed by atoms with Crippen LogP contribution >= 0.6 is 11.6 Å². The molecule has 2 N–H and O–H groups in total. The smallest absolute Gasteiger partial charge is 0.300 e. The molecule has 31 heavy (non-hydrogen) atoms. The molecule has 11 heteroatoms. The molecule has 0 spiro atoms. The van der Waals surface area contributed by atoms with Gasteiger partial charge in [-0.1, -0.05) is 29.8 Å². The van der Waals surface area contributed by atoms with Crippen LogP contribution in [0.2, 0.25) is 5.02 Å². The van der Waals surface area contributed by atoms with E-state index in [1.807, 2.05) is 0 Å². The molecular weight excluding hydrogens is 429 g/mol. The lowest BCUT2D eigenvalue weighted by Gasteiger charge is -2.09. The average Bonchev–Trinajstić information content (AvgIpc) is 3.17. The van der Waals surface area contributed by atoms with Crippen molar-refractivity contribution in [3.05, 3.63) is 86.3 Å². The summed E-state index contributed by atoms with van der Waals surface area (Å²) in [7, 11) is 0. The van der Waals surface area contributed by atoms with E-state index in [4.69, 9.17) is 16.0 Å². The third-order valence-corrected chi connectivity index (χ3v) is 4.76. The van der Waals surface area contributed by atoms with Gasteiger partial charge in [-0.15, -0.1) is 10.2 Å².